The van der Waals surface area contributed by atoms with E-state index in [9.17, 15) is 18.8 Å². The molecule has 2 aliphatic heterocycles. The Morgan fingerprint density at radius 1 is 0.930 bits per heavy atom. The van der Waals surface area contributed by atoms with E-state index in [4.69, 9.17) is 4.74 Å². The van der Waals surface area contributed by atoms with E-state index in [2.05, 4.69) is 34.5 Å². The van der Waals surface area contributed by atoms with E-state index in [-0.39, 0.29) is 37.4 Å². The molecule has 0 radical (unpaired) electrons. The van der Waals surface area contributed by atoms with Gasteiger partial charge in [-0.05, 0) is 67.6 Å². The third-order valence-corrected chi connectivity index (χ3v) is 8.30. The van der Waals surface area contributed by atoms with Gasteiger partial charge in [0, 0.05) is 49.3 Å². The minimum Gasteiger partial charge on any atom is -0.463 e. The number of nitrogens with one attached hydrogen (secondary N) is 1. The van der Waals surface area contributed by atoms with Crippen molar-refractivity contribution >= 4 is 17.8 Å². The number of esters is 1. The number of halogens is 1. The third kappa shape index (κ3) is 7.38. The predicted molar refractivity (Wildman–Crippen MR) is 162 cm³/mol. The summed E-state index contributed by atoms with van der Waals surface area (Å²) < 4.78 is 19.3. The molecule has 0 spiro atoms. The fourth-order valence-electron chi connectivity index (χ4n) is 5.97. The number of piperidine rings is 1. The summed E-state index contributed by atoms with van der Waals surface area (Å²) in [5.41, 5.74) is 4.09. The molecule has 8 heteroatoms. The fraction of sp³-hybridized carbons (Fsp3) is 0.343. The van der Waals surface area contributed by atoms with Gasteiger partial charge in [-0.2, -0.15) is 0 Å². The molecule has 0 bridgehead atoms. The van der Waals surface area contributed by atoms with Crippen molar-refractivity contribution in [3.05, 3.63) is 118 Å². The van der Waals surface area contributed by atoms with E-state index in [1.54, 1.807) is 43.0 Å². The predicted octanol–water partition coefficient (Wildman–Crippen LogP) is 5.57. The number of nitrogens with zero attached hydrogens (tertiary/aromatic N) is 2. The minimum atomic E-state index is -0.588. The normalized spacial score (nSPS) is 18.1. The van der Waals surface area contributed by atoms with Crippen LogP contribution in [0.4, 0.5) is 4.39 Å². The van der Waals surface area contributed by atoms with Gasteiger partial charge in [-0.15, -0.1) is 0 Å². The summed E-state index contributed by atoms with van der Waals surface area (Å²) in [6, 6.07) is 23.7. The van der Waals surface area contributed by atoms with Crippen molar-refractivity contribution in [2.75, 3.05) is 19.7 Å². The van der Waals surface area contributed by atoms with Crippen molar-refractivity contribution < 1.29 is 23.5 Å². The molecule has 0 aromatic heterocycles. The van der Waals surface area contributed by atoms with Gasteiger partial charge in [0.2, 0.25) is 5.91 Å². The molecule has 3 aromatic carbocycles. The average molecular weight is 584 g/mol. The zero-order valence-corrected chi connectivity index (χ0v) is 24.7. The molecule has 7 nitrogen and oxygen atoms in total. The van der Waals surface area contributed by atoms with Gasteiger partial charge in [-0.25, -0.2) is 9.18 Å². The number of rotatable bonds is 9. The zero-order valence-electron chi connectivity index (χ0n) is 24.7. The van der Waals surface area contributed by atoms with Crippen molar-refractivity contribution in [1.29, 1.82) is 0 Å². The second-order valence-corrected chi connectivity index (χ2v) is 11.2. The van der Waals surface area contributed by atoms with E-state index < -0.39 is 17.7 Å². The van der Waals surface area contributed by atoms with Gasteiger partial charge < -0.3 is 15.0 Å². The molecule has 0 aliphatic carbocycles. The van der Waals surface area contributed by atoms with Crippen molar-refractivity contribution in [3.63, 3.8) is 0 Å². The molecule has 2 amide bonds. The van der Waals surface area contributed by atoms with Crippen molar-refractivity contribution in [2.24, 2.45) is 0 Å². The summed E-state index contributed by atoms with van der Waals surface area (Å²) in [6.45, 7) is 6.67. The second-order valence-electron chi connectivity index (χ2n) is 11.2. The molecule has 1 saturated heterocycles. The Hall–Kier alpha value is -4.30. The minimum absolute atomic E-state index is 0.0274. The van der Waals surface area contributed by atoms with Gasteiger partial charge >= 0.3 is 5.97 Å². The summed E-state index contributed by atoms with van der Waals surface area (Å²) in [5, 5.41) is 3.17. The smallest absolute Gasteiger partial charge is 0.336 e. The van der Waals surface area contributed by atoms with Crippen LogP contribution < -0.4 is 5.32 Å². The van der Waals surface area contributed by atoms with E-state index in [0.717, 1.165) is 38.0 Å². The van der Waals surface area contributed by atoms with E-state index in [1.807, 2.05) is 18.2 Å². The van der Waals surface area contributed by atoms with E-state index in [0.29, 0.717) is 22.4 Å². The van der Waals surface area contributed by atoms with Crippen LogP contribution in [-0.2, 0) is 27.4 Å². The maximum Gasteiger partial charge on any atom is 0.336 e. The Labute approximate surface area is 252 Å². The Kier molecular flexibility index (Phi) is 9.67. The number of allylic oxidation sites excluding steroid dienone is 1. The highest BCUT2D eigenvalue weighted by Gasteiger charge is 2.37. The Morgan fingerprint density at radius 2 is 1.63 bits per heavy atom. The zero-order chi connectivity index (χ0) is 30.3. The molecule has 224 valence electrons. The first-order valence-electron chi connectivity index (χ1n) is 14.9. The van der Waals surface area contributed by atoms with Crippen LogP contribution in [0.15, 0.2) is 90.1 Å². The molecule has 1 atom stereocenters. The lowest BCUT2D eigenvalue weighted by atomic mass is 9.83. The first kappa shape index (κ1) is 30.2. The van der Waals surface area contributed by atoms with Gasteiger partial charge in [-0.1, -0.05) is 54.6 Å². The van der Waals surface area contributed by atoms with Gasteiger partial charge in [0.05, 0.1) is 18.7 Å². The number of benzene rings is 3. The maximum absolute atomic E-state index is 14.0. The highest BCUT2D eigenvalue weighted by Crippen LogP contribution is 2.38. The number of ether oxygens (including phenoxy) is 1. The molecule has 43 heavy (non-hydrogen) atoms. The lowest BCUT2D eigenvalue weighted by molar-refractivity contribution is -0.140. The molecule has 1 fully saturated rings. The molecule has 5 rings (SSSR count). The van der Waals surface area contributed by atoms with E-state index in [1.165, 1.54) is 17.7 Å². The SMILES string of the molecule is CCOC(=O)C1=C(C)N(Cc2ccc(C(=O)NC3CCN(Cc4ccccc4)CC3)cc2)C(=O)CC1c1cccc(F)c1. The van der Waals surface area contributed by atoms with Gasteiger partial charge in [-0.3, -0.25) is 14.5 Å². The quantitative estimate of drug-likeness (QED) is 0.333. The lowest BCUT2D eigenvalue weighted by Crippen LogP contribution is -2.44. The molecule has 2 aliphatic rings. The monoisotopic (exact) mass is 583 g/mol. The van der Waals surface area contributed by atoms with Crippen LogP contribution in [0.1, 0.15) is 66.1 Å². The van der Waals surface area contributed by atoms with Crippen LogP contribution in [-0.4, -0.2) is 53.3 Å². The van der Waals surface area contributed by atoms with E-state index >= 15 is 0 Å². The van der Waals surface area contributed by atoms with Crippen LogP contribution >= 0.6 is 0 Å². The second kappa shape index (κ2) is 13.8. The number of amides is 2. The molecular weight excluding hydrogens is 545 g/mol. The van der Waals surface area contributed by atoms with Crippen LogP contribution in [0.25, 0.3) is 0 Å². The number of hydrogen-bond acceptors (Lipinski definition) is 5. The molecule has 1 N–H and O–H groups in total. The standard InChI is InChI=1S/C35H38FN3O4/c1-3-43-35(42)33-24(2)39(32(40)21-31(33)28-10-7-11-29(36)20-28)23-26-12-14-27(15-13-26)34(41)37-30-16-18-38(19-17-30)22-25-8-5-4-6-9-25/h4-15,20,30-31H,3,16-19,21-23H2,1-2H3,(H,37,41). The van der Waals surface area contributed by atoms with Crippen molar-refractivity contribution in [1.82, 2.24) is 15.1 Å². The molecule has 3 aromatic rings. The number of hydrogen-bond donors (Lipinski definition) is 1. The molecule has 1 unspecified atom stereocenters. The highest BCUT2D eigenvalue weighted by atomic mass is 19.1. The Bertz CT molecular complexity index is 1480. The van der Waals surface area contributed by atoms with Crippen LogP contribution in [0.5, 0.6) is 0 Å². The molecule has 2 heterocycles. The summed E-state index contributed by atoms with van der Waals surface area (Å²) in [5.74, 6) is -1.80. The lowest BCUT2D eigenvalue weighted by Gasteiger charge is -2.34. The van der Waals surface area contributed by atoms with Crippen LogP contribution in [0.2, 0.25) is 0 Å². The summed E-state index contributed by atoms with van der Waals surface area (Å²) in [4.78, 5) is 43.3. The Balaban J connectivity index is 1.22. The maximum atomic E-state index is 14.0. The van der Waals surface area contributed by atoms with Gasteiger partial charge in [0.15, 0.2) is 0 Å². The number of carbonyl (C=O) groups excluding carboxylic acids is 3. The van der Waals surface area contributed by atoms with Gasteiger partial charge in [0.25, 0.3) is 5.91 Å². The molecular formula is C35H38FN3O4. The first-order valence-corrected chi connectivity index (χ1v) is 14.9. The summed E-state index contributed by atoms with van der Waals surface area (Å²) in [7, 11) is 0. The van der Waals surface area contributed by atoms with Crippen LogP contribution in [0, 0.1) is 5.82 Å². The largest absolute Gasteiger partial charge is 0.463 e. The molecule has 0 saturated carbocycles. The number of likely N-dealkylation sites (tertiary alicyclic amines) is 1. The topological polar surface area (TPSA) is 79.0 Å². The third-order valence-electron chi connectivity index (χ3n) is 8.30. The summed E-state index contributed by atoms with van der Waals surface area (Å²) >= 11 is 0. The first-order chi connectivity index (χ1) is 20.8. The highest BCUT2D eigenvalue weighted by molar-refractivity contribution is 5.96. The fourth-order valence-corrected chi connectivity index (χ4v) is 5.97. The Morgan fingerprint density at radius 3 is 2.30 bits per heavy atom. The van der Waals surface area contributed by atoms with Gasteiger partial charge in [0.1, 0.15) is 5.82 Å². The van der Waals surface area contributed by atoms with Crippen molar-refractivity contribution in [2.45, 2.75) is 58.2 Å². The summed E-state index contributed by atoms with van der Waals surface area (Å²) in [6.07, 6.45) is 1.83. The van der Waals surface area contributed by atoms with Crippen molar-refractivity contribution in [3.8, 4) is 0 Å². The average Bonchev–Trinajstić information content (AvgIpc) is 3.01. The number of carbonyl (C=O) groups is 3. The van der Waals surface area contributed by atoms with Crippen LogP contribution in [0.3, 0.4) is 0 Å².